The minimum Gasteiger partial charge on any atom is -0.350 e. The van der Waals surface area contributed by atoms with Crippen LogP contribution in [0.3, 0.4) is 0 Å². The van der Waals surface area contributed by atoms with Crippen molar-refractivity contribution in [1.82, 2.24) is 10.2 Å². The Morgan fingerprint density at radius 1 is 1.00 bits per heavy atom. The summed E-state index contributed by atoms with van der Waals surface area (Å²) in [7, 11) is 0. The van der Waals surface area contributed by atoms with Gasteiger partial charge in [0.2, 0.25) is 5.91 Å². The van der Waals surface area contributed by atoms with Crippen LogP contribution in [0.2, 0.25) is 0 Å². The van der Waals surface area contributed by atoms with Crippen molar-refractivity contribution in [2.24, 2.45) is 0 Å². The lowest BCUT2D eigenvalue weighted by atomic mass is 10.0. The number of halogens is 1. The van der Waals surface area contributed by atoms with Crippen LogP contribution in [0.5, 0.6) is 0 Å². The molecule has 0 spiro atoms. The van der Waals surface area contributed by atoms with Crippen LogP contribution in [0.4, 0.5) is 0 Å². The molecule has 5 nitrogen and oxygen atoms in total. The Kier molecular flexibility index (Phi) is 5.20. The smallest absolute Gasteiger partial charge is 0.262 e. The van der Waals surface area contributed by atoms with E-state index in [0.29, 0.717) is 11.1 Å². The number of nitrogens with zero attached hydrogens (tertiary/aromatic N) is 1. The molecule has 3 rings (SSSR count). The molecule has 140 valence electrons. The van der Waals surface area contributed by atoms with Crippen LogP contribution in [0.15, 0.2) is 53.0 Å². The summed E-state index contributed by atoms with van der Waals surface area (Å²) in [4.78, 5) is 39.8. The van der Waals surface area contributed by atoms with Gasteiger partial charge in [0.1, 0.15) is 6.04 Å². The van der Waals surface area contributed by atoms with Gasteiger partial charge in [-0.1, -0.05) is 40.2 Å². The predicted octanol–water partition coefficient (Wildman–Crippen LogP) is 3.57. The molecular formula is C21H21BrN2O3. The molecular weight excluding hydrogens is 408 g/mol. The van der Waals surface area contributed by atoms with Gasteiger partial charge in [-0.05, 0) is 50.6 Å². The summed E-state index contributed by atoms with van der Waals surface area (Å²) in [6, 6.07) is 13.2. The van der Waals surface area contributed by atoms with Crippen LogP contribution in [0.25, 0.3) is 0 Å². The van der Waals surface area contributed by atoms with Gasteiger partial charge in [-0.3, -0.25) is 19.3 Å². The highest BCUT2D eigenvalue weighted by Crippen LogP contribution is 2.26. The highest BCUT2D eigenvalue weighted by molar-refractivity contribution is 9.10. The number of hydrogen-bond donors (Lipinski definition) is 1. The van der Waals surface area contributed by atoms with Crippen molar-refractivity contribution in [2.75, 3.05) is 0 Å². The van der Waals surface area contributed by atoms with Crippen molar-refractivity contribution in [3.8, 4) is 0 Å². The van der Waals surface area contributed by atoms with E-state index in [1.165, 1.54) is 0 Å². The Balaban J connectivity index is 1.97. The van der Waals surface area contributed by atoms with Gasteiger partial charge in [-0.25, -0.2) is 0 Å². The van der Waals surface area contributed by atoms with E-state index in [1.54, 1.807) is 24.3 Å². The van der Waals surface area contributed by atoms with Gasteiger partial charge < -0.3 is 5.32 Å². The lowest BCUT2D eigenvalue weighted by Crippen LogP contribution is -2.54. The van der Waals surface area contributed by atoms with Crippen LogP contribution in [-0.4, -0.2) is 34.2 Å². The molecule has 0 aromatic heterocycles. The number of imide groups is 1. The van der Waals surface area contributed by atoms with Crippen molar-refractivity contribution in [2.45, 2.75) is 38.8 Å². The Morgan fingerprint density at radius 3 is 2.00 bits per heavy atom. The molecule has 0 saturated heterocycles. The summed E-state index contributed by atoms with van der Waals surface area (Å²) in [6.45, 7) is 5.60. The molecule has 1 unspecified atom stereocenters. The monoisotopic (exact) mass is 428 g/mol. The van der Waals surface area contributed by atoms with Crippen LogP contribution in [-0.2, 0) is 11.2 Å². The molecule has 0 bridgehead atoms. The predicted molar refractivity (Wildman–Crippen MR) is 106 cm³/mol. The van der Waals surface area contributed by atoms with E-state index in [-0.39, 0.29) is 12.3 Å². The normalized spacial score (nSPS) is 14.9. The minimum absolute atomic E-state index is 0.251. The summed E-state index contributed by atoms with van der Waals surface area (Å²) in [6.07, 6.45) is 0.251. The molecule has 1 heterocycles. The Hall–Kier alpha value is -2.47. The van der Waals surface area contributed by atoms with Crippen LogP contribution in [0.1, 0.15) is 47.1 Å². The zero-order chi connectivity index (χ0) is 19.8. The second kappa shape index (κ2) is 7.27. The molecule has 1 aliphatic rings. The minimum atomic E-state index is -0.919. The summed E-state index contributed by atoms with van der Waals surface area (Å²) >= 11 is 3.39. The van der Waals surface area contributed by atoms with Gasteiger partial charge in [0.05, 0.1) is 11.1 Å². The molecule has 3 amide bonds. The second-order valence-electron chi connectivity index (χ2n) is 7.61. The maximum Gasteiger partial charge on any atom is 0.262 e. The number of carbonyl (C=O) groups is 3. The largest absolute Gasteiger partial charge is 0.350 e. The van der Waals surface area contributed by atoms with E-state index >= 15 is 0 Å². The van der Waals surface area contributed by atoms with Gasteiger partial charge in [-0.15, -0.1) is 0 Å². The molecule has 2 aromatic carbocycles. The number of amides is 3. The van der Waals surface area contributed by atoms with Crippen molar-refractivity contribution in [1.29, 1.82) is 0 Å². The van der Waals surface area contributed by atoms with Crippen LogP contribution in [0, 0.1) is 0 Å². The molecule has 6 heteroatoms. The third kappa shape index (κ3) is 4.11. The van der Waals surface area contributed by atoms with Crippen molar-refractivity contribution >= 4 is 33.7 Å². The quantitative estimate of drug-likeness (QED) is 0.756. The maximum atomic E-state index is 13.0. The third-order valence-electron chi connectivity index (χ3n) is 4.28. The van der Waals surface area contributed by atoms with Crippen LogP contribution < -0.4 is 5.32 Å². The Bertz CT molecular complexity index is 865. The average Bonchev–Trinajstić information content (AvgIpc) is 2.85. The lowest BCUT2D eigenvalue weighted by Gasteiger charge is -2.29. The second-order valence-corrected chi connectivity index (χ2v) is 8.53. The van der Waals surface area contributed by atoms with E-state index in [9.17, 15) is 14.4 Å². The first kappa shape index (κ1) is 19.3. The molecule has 2 aromatic rings. The SMILES string of the molecule is CC(C)(C)NC(=O)C(Cc1ccc(Br)cc1)N1C(=O)c2ccccc2C1=O. The number of benzene rings is 2. The highest BCUT2D eigenvalue weighted by Gasteiger charge is 2.43. The number of carbonyl (C=O) groups excluding carboxylic acids is 3. The zero-order valence-electron chi connectivity index (χ0n) is 15.5. The van der Waals surface area contributed by atoms with Gasteiger partial charge in [0.25, 0.3) is 11.8 Å². The van der Waals surface area contributed by atoms with Gasteiger partial charge >= 0.3 is 0 Å². The molecule has 0 radical (unpaired) electrons. The average molecular weight is 429 g/mol. The number of rotatable bonds is 4. The number of fused-ring (bicyclic) bond motifs is 1. The highest BCUT2D eigenvalue weighted by atomic mass is 79.9. The Morgan fingerprint density at radius 2 is 1.52 bits per heavy atom. The molecule has 27 heavy (non-hydrogen) atoms. The molecule has 1 atom stereocenters. The first-order valence-electron chi connectivity index (χ1n) is 8.71. The van der Waals surface area contributed by atoms with E-state index < -0.39 is 23.4 Å². The topological polar surface area (TPSA) is 66.5 Å². The molecule has 0 saturated carbocycles. The fraction of sp³-hybridized carbons (Fsp3) is 0.286. The van der Waals surface area contributed by atoms with Crippen LogP contribution >= 0.6 is 15.9 Å². The van der Waals surface area contributed by atoms with Gasteiger partial charge in [0.15, 0.2) is 0 Å². The summed E-state index contributed by atoms with van der Waals surface area (Å²) in [5.74, 6) is -1.21. The van der Waals surface area contributed by atoms with E-state index in [2.05, 4.69) is 21.2 Å². The third-order valence-corrected chi connectivity index (χ3v) is 4.81. The molecule has 0 fully saturated rings. The fourth-order valence-corrected chi connectivity index (χ4v) is 3.35. The fourth-order valence-electron chi connectivity index (χ4n) is 3.09. The van der Waals surface area contributed by atoms with Crippen molar-refractivity contribution in [3.63, 3.8) is 0 Å². The maximum absolute atomic E-state index is 13.0. The molecule has 1 N–H and O–H groups in total. The summed E-state index contributed by atoms with van der Waals surface area (Å²) in [5, 5.41) is 2.90. The Labute approximate surface area is 166 Å². The standard InChI is InChI=1S/C21H21BrN2O3/c1-21(2,3)23-18(25)17(12-13-8-10-14(22)11-9-13)24-19(26)15-6-4-5-7-16(15)20(24)27/h4-11,17H,12H2,1-3H3,(H,23,25). The van der Waals surface area contributed by atoms with E-state index in [4.69, 9.17) is 0 Å². The van der Waals surface area contributed by atoms with Crippen molar-refractivity contribution < 1.29 is 14.4 Å². The van der Waals surface area contributed by atoms with E-state index in [0.717, 1.165) is 14.9 Å². The van der Waals surface area contributed by atoms with E-state index in [1.807, 2.05) is 45.0 Å². The van der Waals surface area contributed by atoms with Crippen molar-refractivity contribution in [3.05, 3.63) is 69.7 Å². The van der Waals surface area contributed by atoms with Gasteiger partial charge in [0, 0.05) is 16.4 Å². The molecule has 1 aliphatic heterocycles. The lowest BCUT2D eigenvalue weighted by molar-refractivity contribution is -0.126. The zero-order valence-corrected chi connectivity index (χ0v) is 17.0. The first-order valence-corrected chi connectivity index (χ1v) is 9.50. The number of hydrogen-bond acceptors (Lipinski definition) is 3. The summed E-state index contributed by atoms with van der Waals surface area (Å²) in [5.41, 5.74) is 1.07. The number of nitrogens with one attached hydrogen (secondary N) is 1. The first-order chi connectivity index (χ1) is 12.7. The van der Waals surface area contributed by atoms with Gasteiger partial charge in [-0.2, -0.15) is 0 Å². The summed E-state index contributed by atoms with van der Waals surface area (Å²) < 4.78 is 0.919. The molecule has 0 aliphatic carbocycles.